The Morgan fingerprint density at radius 3 is 2.87 bits per heavy atom. The lowest BCUT2D eigenvalue weighted by Gasteiger charge is -2.14. The predicted molar refractivity (Wildman–Crippen MR) is 56.9 cm³/mol. The molecule has 0 atom stereocenters. The van der Waals surface area contributed by atoms with Gasteiger partial charge in [-0.15, -0.1) is 0 Å². The standard InChI is InChI=1S/C11H13NO3/c1-12-6-5-7-9(12)4-3-8(11(13)14)10(7)15-2/h3-4H,5-6H2,1-2H3,(H,13,14). The van der Waals surface area contributed by atoms with E-state index < -0.39 is 5.97 Å². The summed E-state index contributed by atoms with van der Waals surface area (Å²) in [5, 5.41) is 9.00. The van der Waals surface area contributed by atoms with E-state index in [1.165, 1.54) is 7.11 Å². The van der Waals surface area contributed by atoms with Gasteiger partial charge in [-0.05, 0) is 18.6 Å². The highest BCUT2D eigenvalue weighted by Crippen LogP contribution is 2.36. The molecule has 0 spiro atoms. The van der Waals surface area contributed by atoms with E-state index in [2.05, 4.69) is 4.90 Å². The van der Waals surface area contributed by atoms with E-state index in [-0.39, 0.29) is 5.56 Å². The largest absolute Gasteiger partial charge is 0.495 e. The predicted octanol–water partition coefficient (Wildman–Crippen LogP) is 1.39. The number of aromatic carboxylic acids is 1. The maximum absolute atomic E-state index is 11.0. The smallest absolute Gasteiger partial charge is 0.339 e. The number of likely N-dealkylation sites (N-methyl/N-ethyl adjacent to an activating group) is 1. The van der Waals surface area contributed by atoms with Crippen LogP contribution in [0.4, 0.5) is 5.69 Å². The highest BCUT2D eigenvalue weighted by molar-refractivity contribution is 5.93. The Morgan fingerprint density at radius 1 is 1.53 bits per heavy atom. The fraction of sp³-hybridized carbons (Fsp3) is 0.364. The lowest BCUT2D eigenvalue weighted by atomic mass is 10.1. The molecule has 1 aromatic rings. The van der Waals surface area contributed by atoms with Crippen molar-refractivity contribution in [1.82, 2.24) is 0 Å². The molecule has 15 heavy (non-hydrogen) atoms. The minimum atomic E-state index is -0.941. The maximum atomic E-state index is 11.0. The molecule has 0 fully saturated rings. The highest BCUT2D eigenvalue weighted by atomic mass is 16.5. The minimum absolute atomic E-state index is 0.242. The monoisotopic (exact) mass is 207 g/mol. The van der Waals surface area contributed by atoms with Crippen molar-refractivity contribution in [2.24, 2.45) is 0 Å². The third kappa shape index (κ3) is 1.42. The molecule has 1 aliphatic heterocycles. The van der Waals surface area contributed by atoms with Crippen LogP contribution in [0.5, 0.6) is 5.75 Å². The highest BCUT2D eigenvalue weighted by Gasteiger charge is 2.24. The zero-order chi connectivity index (χ0) is 11.0. The van der Waals surface area contributed by atoms with Gasteiger partial charge in [0.15, 0.2) is 0 Å². The lowest BCUT2D eigenvalue weighted by molar-refractivity contribution is 0.0693. The molecule has 4 nitrogen and oxygen atoms in total. The molecule has 1 aromatic carbocycles. The first-order valence-corrected chi connectivity index (χ1v) is 4.79. The van der Waals surface area contributed by atoms with Crippen LogP contribution in [0, 0.1) is 0 Å². The van der Waals surface area contributed by atoms with Crippen molar-refractivity contribution in [3.63, 3.8) is 0 Å². The second-order valence-corrected chi connectivity index (χ2v) is 3.62. The Morgan fingerprint density at radius 2 is 2.27 bits per heavy atom. The third-order valence-electron chi connectivity index (χ3n) is 2.78. The Balaban J connectivity index is 2.60. The quantitative estimate of drug-likeness (QED) is 0.796. The van der Waals surface area contributed by atoms with E-state index in [0.29, 0.717) is 5.75 Å². The van der Waals surface area contributed by atoms with Crippen LogP contribution in [-0.4, -0.2) is 31.8 Å². The van der Waals surface area contributed by atoms with Crippen molar-refractivity contribution in [2.75, 3.05) is 25.6 Å². The number of carboxylic acid groups (broad SMARTS) is 1. The Hall–Kier alpha value is -1.71. The number of benzene rings is 1. The SMILES string of the molecule is COc1c(C(=O)O)ccc2c1CCN2C. The van der Waals surface area contributed by atoms with Gasteiger partial charge in [0.05, 0.1) is 7.11 Å². The van der Waals surface area contributed by atoms with Crippen molar-refractivity contribution in [1.29, 1.82) is 0 Å². The maximum Gasteiger partial charge on any atom is 0.339 e. The van der Waals surface area contributed by atoms with E-state index in [1.54, 1.807) is 6.07 Å². The number of fused-ring (bicyclic) bond motifs is 1. The molecule has 1 aliphatic rings. The first-order chi connectivity index (χ1) is 7.15. The van der Waals surface area contributed by atoms with Crippen LogP contribution in [0.3, 0.4) is 0 Å². The molecular weight excluding hydrogens is 194 g/mol. The molecule has 0 radical (unpaired) electrons. The number of carboxylic acids is 1. The van der Waals surface area contributed by atoms with Crippen LogP contribution in [0.25, 0.3) is 0 Å². The molecular formula is C11H13NO3. The number of rotatable bonds is 2. The van der Waals surface area contributed by atoms with Crippen molar-refractivity contribution in [3.8, 4) is 5.75 Å². The normalized spacial score (nSPS) is 13.9. The van der Waals surface area contributed by atoms with E-state index in [4.69, 9.17) is 9.84 Å². The Labute approximate surface area is 88.1 Å². The summed E-state index contributed by atoms with van der Waals surface area (Å²) < 4.78 is 5.19. The number of hydrogen-bond donors (Lipinski definition) is 1. The number of carbonyl (C=O) groups is 1. The number of anilines is 1. The van der Waals surface area contributed by atoms with Crippen molar-refractivity contribution < 1.29 is 14.6 Å². The molecule has 0 bridgehead atoms. The number of nitrogens with zero attached hydrogens (tertiary/aromatic N) is 1. The molecule has 2 rings (SSSR count). The molecule has 0 aliphatic carbocycles. The van der Waals surface area contributed by atoms with Gasteiger partial charge < -0.3 is 14.7 Å². The second kappa shape index (κ2) is 3.46. The first-order valence-electron chi connectivity index (χ1n) is 4.79. The number of ether oxygens (including phenoxy) is 1. The van der Waals surface area contributed by atoms with Gasteiger partial charge in [-0.3, -0.25) is 0 Å². The summed E-state index contributed by atoms with van der Waals surface area (Å²) in [4.78, 5) is 13.1. The summed E-state index contributed by atoms with van der Waals surface area (Å²) in [6, 6.07) is 3.44. The third-order valence-corrected chi connectivity index (χ3v) is 2.78. The van der Waals surface area contributed by atoms with Crippen LogP contribution < -0.4 is 9.64 Å². The van der Waals surface area contributed by atoms with Crippen LogP contribution in [0.2, 0.25) is 0 Å². The Kier molecular flexibility index (Phi) is 2.26. The summed E-state index contributed by atoms with van der Waals surface area (Å²) in [5.41, 5.74) is 2.31. The number of methoxy groups -OCH3 is 1. The van der Waals surface area contributed by atoms with Gasteiger partial charge >= 0.3 is 5.97 Å². The summed E-state index contributed by atoms with van der Waals surface area (Å²) in [6.07, 6.45) is 0.843. The summed E-state index contributed by atoms with van der Waals surface area (Å²) >= 11 is 0. The summed E-state index contributed by atoms with van der Waals surface area (Å²) in [7, 11) is 3.51. The molecule has 0 saturated heterocycles. The van der Waals surface area contributed by atoms with Crippen LogP contribution in [0.1, 0.15) is 15.9 Å². The van der Waals surface area contributed by atoms with Crippen LogP contribution in [-0.2, 0) is 6.42 Å². The molecule has 0 unspecified atom stereocenters. The van der Waals surface area contributed by atoms with Gasteiger partial charge in [0, 0.05) is 24.8 Å². The molecule has 4 heteroatoms. The van der Waals surface area contributed by atoms with Crippen molar-refractivity contribution in [2.45, 2.75) is 6.42 Å². The average molecular weight is 207 g/mol. The average Bonchev–Trinajstić information content (AvgIpc) is 2.59. The van der Waals surface area contributed by atoms with E-state index in [1.807, 2.05) is 13.1 Å². The van der Waals surface area contributed by atoms with Crippen molar-refractivity contribution >= 4 is 11.7 Å². The molecule has 0 aromatic heterocycles. The molecule has 1 heterocycles. The summed E-state index contributed by atoms with van der Waals surface area (Å²) in [6.45, 7) is 0.911. The topological polar surface area (TPSA) is 49.8 Å². The number of hydrogen-bond acceptors (Lipinski definition) is 3. The molecule has 0 amide bonds. The fourth-order valence-corrected chi connectivity index (χ4v) is 2.02. The van der Waals surface area contributed by atoms with Gasteiger partial charge in [0.2, 0.25) is 0 Å². The van der Waals surface area contributed by atoms with Crippen LogP contribution in [0.15, 0.2) is 12.1 Å². The van der Waals surface area contributed by atoms with E-state index in [0.717, 1.165) is 24.2 Å². The summed E-state index contributed by atoms with van der Waals surface area (Å²) in [5.74, 6) is -0.437. The zero-order valence-corrected chi connectivity index (χ0v) is 8.78. The Bertz CT molecular complexity index is 415. The molecule has 80 valence electrons. The zero-order valence-electron chi connectivity index (χ0n) is 8.78. The molecule has 0 saturated carbocycles. The van der Waals surface area contributed by atoms with E-state index in [9.17, 15) is 4.79 Å². The molecule has 1 N–H and O–H groups in total. The van der Waals surface area contributed by atoms with Gasteiger partial charge in [0.1, 0.15) is 11.3 Å². The van der Waals surface area contributed by atoms with Crippen LogP contribution >= 0.6 is 0 Å². The lowest BCUT2D eigenvalue weighted by Crippen LogP contribution is -2.12. The van der Waals surface area contributed by atoms with E-state index >= 15 is 0 Å². The second-order valence-electron chi connectivity index (χ2n) is 3.62. The van der Waals surface area contributed by atoms with Crippen molar-refractivity contribution in [3.05, 3.63) is 23.3 Å². The first kappa shape index (κ1) is 9.83. The minimum Gasteiger partial charge on any atom is -0.495 e. The van der Waals surface area contributed by atoms with Gasteiger partial charge in [-0.25, -0.2) is 4.79 Å². The van der Waals surface area contributed by atoms with Gasteiger partial charge in [0.25, 0.3) is 0 Å². The fourth-order valence-electron chi connectivity index (χ4n) is 2.02. The van der Waals surface area contributed by atoms with Gasteiger partial charge in [-0.1, -0.05) is 0 Å². The van der Waals surface area contributed by atoms with Gasteiger partial charge in [-0.2, -0.15) is 0 Å².